The molecular weight excluding hydrogens is 395 g/mol. The van der Waals surface area contributed by atoms with Crippen LogP contribution in [-0.4, -0.2) is 29.0 Å². The van der Waals surface area contributed by atoms with Crippen molar-refractivity contribution in [2.45, 2.75) is 57.6 Å². The number of hydrogen-bond acceptors (Lipinski definition) is 4. The van der Waals surface area contributed by atoms with Crippen LogP contribution < -0.4 is 10.6 Å². The first-order valence-corrected chi connectivity index (χ1v) is 11.0. The summed E-state index contributed by atoms with van der Waals surface area (Å²) in [6.45, 7) is 2.07. The van der Waals surface area contributed by atoms with Crippen LogP contribution in [0.3, 0.4) is 0 Å². The van der Waals surface area contributed by atoms with E-state index in [1.807, 2.05) is 6.07 Å². The number of H-pyrrole nitrogens is 1. The lowest BCUT2D eigenvalue weighted by atomic mass is 9.95. The van der Waals surface area contributed by atoms with Crippen LogP contribution in [-0.2, 0) is 4.74 Å². The molecule has 2 aromatic heterocycles. The van der Waals surface area contributed by atoms with Crippen LogP contribution in [0, 0.1) is 5.82 Å². The van der Waals surface area contributed by atoms with Crippen molar-refractivity contribution in [1.82, 2.24) is 9.97 Å². The number of carbonyl (C=O) groups excluding carboxylic acids is 1. The summed E-state index contributed by atoms with van der Waals surface area (Å²) >= 11 is 0. The number of amides is 1. The van der Waals surface area contributed by atoms with Crippen LogP contribution in [0.25, 0.3) is 11.0 Å². The number of methoxy groups -OCH3 is 1. The van der Waals surface area contributed by atoms with Crippen LogP contribution in [0.15, 0.2) is 36.5 Å². The molecule has 0 saturated heterocycles. The van der Waals surface area contributed by atoms with E-state index in [9.17, 15) is 9.18 Å². The predicted octanol–water partition coefficient (Wildman–Crippen LogP) is 5.80. The van der Waals surface area contributed by atoms with Gasteiger partial charge in [0.2, 0.25) is 0 Å². The number of fused-ring (bicyclic) bond motifs is 1. The molecule has 1 aliphatic carbocycles. The second-order valence-electron chi connectivity index (χ2n) is 8.11. The monoisotopic (exact) mass is 424 g/mol. The molecule has 4 rings (SSSR count). The van der Waals surface area contributed by atoms with Gasteiger partial charge in [-0.05, 0) is 49.6 Å². The molecule has 1 aliphatic rings. The van der Waals surface area contributed by atoms with Crippen LogP contribution in [0.1, 0.15) is 67.6 Å². The number of aromatic amines is 1. The van der Waals surface area contributed by atoms with Gasteiger partial charge in [0, 0.05) is 36.1 Å². The van der Waals surface area contributed by atoms with E-state index in [0.717, 1.165) is 41.7 Å². The molecule has 3 N–H and O–H groups in total. The van der Waals surface area contributed by atoms with Gasteiger partial charge in [0.25, 0.3) is 5.91 Å². The molecule has 6 nitrogen and oxygen atoms in total. The molecule has 0 bridgehead atoms. The highest BCUT2D eigenvalue weighted by Crippen LogP contribution is 2.33. The third-order valence-corrected chi connectivity index (χ3v) is 5.98. The largest absolute Gasteiger partial charge is 0.381 e. The summed E-state index contributed by atoms with van der Waals surface area (Å²) in [7, 11) is 1.69. The zero-order valence-electron chi connectivity index (χ0n) is 18.0. The Hall–Kier alpha value is -2.93. The van der Waals surface area contributed by atoms with Crippen molar-refractivity contribution in [1.29, 1.82) is 0 Å². The van der Waals surface area contributed by atoms with Crippen LogP contribution in [0.4, 0.5) is 15.8 Å². The van der Waals surface area contributed by atoms with Crippen molar-refractivity contribution in [3.63, 3.8) is 0 Å². The van der Waals surface area contributed by atoms with E-state index >= 15 is 0 Å². The minimum absolute atomic E-state index is 0.0618. The Balaban J connectivity index is 1.72. The molecule has 3 aromatic rings. The van der Waals surface area contributed by atoms with Crippen molar-refractivity contribution in [2.75, 3.05) is 17.7 Å². The molecular formula is C24H29FN4O2. The topological polar surface area (TPSA) is 79.0 Å². The Bertz CT molecular complexity index is 1040. The molecule has 7 heteroatoms. The molecule has 2 heterocycles. The van der Waals surface area contributed by atoms with Crippen molar-refractivity contribution in [3.8, 4) is 0 Å². The molecule has 1 amide bonds. The third kappa shape index (κ3) is 4.71. The predicted molar refractivity (Wildman–Crippen MR) is 121 cm³/mol. The van der Waals surface area contributed by atoms with Crippen molar-refractivity contribution >= 4 is 28.3 Å². The first-order chi connectivity index (χ1) is 15.1. The molecule has 0 radical (unpaired) electrons. The fourth-order valence-corrected chi connectivity index (χ4v) is 4.29. The smallest absolute Gasteiger partial charge is 0.259 e. The Morgan fingerprint density at radius 3 is 2.68 bits per heavy atom. The lowest BCUT2D eigenvalue weighted by Gasteiger charge is -2.25. The average Bonchev–Trinajstić information content (AvgIpc) is 3.21. The molecule has 1 unspecified atom stereocenters. The lowest BCUT2D eigenvalue weighted by Crippen LogP contribution is -2.24. The molecule has 1 saturated carbocycles. The zero-order valence-corrected chi connectivity index (χ0v) is 18.0. The van der Waals surface area contributed by atoms with Crippen LogP contribution in [0.2, 0.25) is 0 Å². The number of nitrogens with zero attached hydrogens (tertiary/aromatic N) is 1. The van der Waals surface area contributed by atoms with Crippen molar-refractivity contribution in [2.24, 2.45) is 0 Å². The molecule has 31 heavy (non-hydrogen) atoms. The second kappa shape index (κ2) is 9.47. The molecule has 1 fully saturated rings. The lowest BCUT2D eigenvalue weighted by molar-refractivity contribution is 0.0971. The average molecular weight is 425 g/mol. The first kappa shape index (κ1) is 21.3. The summed E-state index contributed by atoms with van der Waals surface area (Å²) in [4.78, 5) is 21.0. The summed E-state index contributed by atoms with van der Waals surface area (Å²) in [5.41, 5.74) is 3.45. The SMILES string of the molecule is CCC(OC)c1cc2c(NC3CCCCC3)c(C(=O)Nc3ccc(F)cc3)cnc2[nH]1. The molecule has 0 aliphatic heterocycles. The van der Waals surface area contributed by atoms with Gasteiger partial charge in [0.15, 0.2) is 0 Å². The molecule has 0 spiro atoms. The van der Waals surface area contributed by atoms with E-state index < -0.39 is 0 Å². The van der Waals surface area contributed by atoms with E-state index in [1.165, 1.54) is 31.4 Å². The van der Waals surface area contributed by atoms with Gasteiger partial charge in [-0.25, -0.2) is 9.37 Å². The number of benzene rings is 1. The normalized spacial score (nSPS) is 15.7. The fraction of sp³-hybridized carbons (Fsp3) is 0.417. The van der Waals surface area contributed by atoms with Gasteiger partial charge in [-0.15, -0.1) is 0 Å². The van der Waals surface area contributed by atoms with Crippen molar-refractivity contribution in [3.05, 3.63) is 53.6 Å². The number of carbonyl (C=O) groups is 1. The van der Waals surface area contributed by atoms with Crippen LogP contribution in [0.5, 0.6) is 0 Å². The fourth-order valence-electron chi connectivity index (χ4n) is 4.29. The number of ether oxygens (including phenoxy) is 1. The maximum Gasteiger partial charge on any atom is 0.259 e. The van der Waals surface area contributed by atoms with E-state index in [2.05, 4.69) is 27.5 Å². The number of rotatable bonds is 7. The highest BCUT2D eigenvalue weighted by Gasteiger charge is 2.22. The van der Waals surface area contributed by atoms with Gasteiger partial charge in [-0.2, -0.15) is 0 Å². The maximum absolute atomic E-state index is 13.2. The summed E-state index contributed by atoms with van der Waals surface area (Å²) < 4.78 is 18.8. The minimum Gasteiger partial charge on any atom is -0.381 e. The van der Waals surface area contributed by atoms with E-state index in [0.29, 0.717) is 17.3 Å². The number of pyridine rings is 1. The summed E-state index contributed by atoms with van der Waals surface area (Å²) in [6, 6.07) is 8.09. The number of halogens is 1. The summed E-state index contributed by atoms with van der Waals surface area (Å²) in [5.74, 6) is -0.620. The highest BCUT2D eigenvalue weighted by molar-refractivity contribution is 6.12. The van der Waals surface area contributed by atoms with Gasteiger partial charge < -0.3 is 20.4 Å². The number of anilines is 2. The van der Waals surface area contributed by atoms with Crippen molar-refractivity contribution < 1.29 is 13.9 Å². The Morgan fingerprint density at radius 1 is 1.26 bits per heavy atom. The number of nitrogens with one attached hydrogen (secondary N) is 3. The third-order valence-electron chi connectivity index (χ3n) is 5.98. The zero-order chi connectivity index (χ0) is 21.8. The van der Waals surface area contributed by atoms with E-state index in [1.54, 1.807) is 25.4 Å². The van der Waals surface area contributed by atoms with Gasteiger partial charge >= 0.3 is 0 Å². The molecule has 1 atom stereocenters. The number of aromatic nitrogens is 2. The van der Waals surface area contributed by atoms with Gasteiger partial charge in [0.1, 0.15) is 11.5 Å². The number of hydrogen-bond donors (Lipinski definition) is 3. The first-order valence-electron chi connectivity index (χ1n) is 11.0. The van der Waals surface area contributed by atoms with Crippen LogP contribution >= 0.6 is 0 Å². The van der Waals surface area contributed by atoms with Gasteiger partial charge in [-0.1, -0.05) is 26.2 Å². The van der Waals surface area contributed by atoms with E-state index in [-0.39, 0.29) is 17.8 Å². The standard InChI is InChI=1S/C24H29FN4O2/c1-3-21(31-2)20-13-18-22(27-16-7-5-4-6-8-16)19(14-26-23(18)29-20)24(30)28-17-11-9-15(25)10-12-17/h9-14,16,21H,3-8H2,1-2H3,(H,28,30)(H2,26,27,29). The van der Waals surface area contributed by atoms with Gasteiger partial charge in [0.05, 0.1) is 17.4 Å². The Morgan fingerprint density at radius 2 is 2.00 bits per heavy atom. The highest BCUT2D eigenvalue weighted by atomic mass is 19.1. The Labute approximate surface area is 181 Å². The Kier molecular flexibility index (Phi) is 6.51. The minimum atomic E-state index is -0.343. The second-order valence-corrected chi connectivity index (χ2v) is 8.11. The quantitative estimate of drug-likeness (QED) is 0.448. The summed E-state index contributed by atoms with van der Waals surface area (Å²) in [6.07, 6.45) is 8.14. The maximum atomic E-state index is 13.2. The van der Waals surface area contributed by atoms with Gasteiger partial charge in [-0.3, -0.25) is 4.79 Å². The van der Waals surface area contributed by atoms with E-state index in [4.69, 9.17) is 4.74 Å². The summed E-state index contributed by atoms with van der Waals surface area (Å²) in [5, 5.41) is 7.37. The molecule has 1 aromatic carbocycles. The molecule has 164 valence electrons.